The molecule has 8 nitrogen and oxygen atoms in total. The van der Waals surface area contributed by atoms with E-state index >= 15 is 0 Å². The van der Waals surface area contributed by atoms with Crippen molar-refractivity contribution >= 4 is 34.1 Å². The van der Waals surface area contributed by atoms with Crippen LogP contribution in [0.15, 0.2) is 82.4 Å². The number of H-pyrrole nitrogens is 1. The number of rotatable bonds is 5. The molecule has 0 spiro atoms. The van der Waals surface area contributed by atoms with Gasteiger partial charge in [-0.25, -0.2) is 4.79 Å². The number of amides is 2. The molecule has 0 aliphatic carbocycles. The summed E-state index contributed by atoms with van der Waals surface area (Å²) < 4.78 is 1.38. The summed E-state index contributed by atoms with van der Waals surface area (Å²) in [6, 6.07) is 21.4. The molecular weight excluding hydrogens is 432 g/mol. The van der Waals surface area contributed by atoms with Gasteiger partial charge < -0.3 is 10.2 Å². The van der Waals surface area contributed by atoms with Crippen LogP contribution in [-0.2, 0) is 17.8 Å². The second kappa shape index (κ2) is 8.82. The second-order valence-electron chi connectivity index (χ2n) is 8.14. The molecule has 0 atom stereocenters. The van der Waals surface area contributed by atoms with Gasteiger partial charge in [0.1, 0.15) is 0 Å². The lowest BCUT2D eigenvalue weighted by Crippen LogP contribution is -2.31. The summed E-state index contributed by atoms with van der Waals surface area (Å²) >= 11 is 0. The number of aromatic nitrogens is 2. The van der Waals surface area contributed by atoms with Crippen LogP contribution in [0.1, 0.15) is 22.3 Å². The van der Waals surface area contributed by atoms with Crippen LogP contribution in [0.3, 0.4) is 0 Å². The first-order valence-electron chi connectivity index (χ1n) is 11.0. The Hall–Kier alpha value is -4.46. The molecule has 1 aromatic heterocycles. The van der Waals surface area contributed by atoms with Gasteiger partial charge in [-0.3, -0.25) is 23.9 Å². The zero-order valence-electron chi connectivity index (χ0n) is 18.3. The van der Waals surface area contributed by atoms with Crippen LogP contribution in [-0.4, -0.2) is 27.9 Å². The van der Waals surface area contributed by atoms with Gasteiger partial charge in [-0.1, -0.05) is 30.3 Å². The highest BCUT2D eigenvalue weighted by atomic mass is 16.2. The highest BCUT2D eigenvalue weighted by Gasteiger charge is 2.25. The SMILES string of the molecule is O=C(CCn1c(=O)[nH]c(=O)c2ccccc21)Nc1ccc(C(=O)N2CCc3ccccc32)cc1. The predicted octanol–water partition coefficient (Wildman–Crippen LogP) is 2.92. The van der Waals surface area contributed by atoms with Gasteiger partial charge in [0.2, 0.25) is 5.91 Å². The van der Waals surface area contributed by atoms with Gasteiger partial charge in [0.25, 0.3) is 11.5 Å². The summed E-state index contributed by atoms with van der Waals surface area (Å²) in [7, 11) is 0. The van der Waals surface area contributed by atoms with Crippen molar-refractivity contribution in [1.29, 1.82) is 0 Å². The number of hydrogen-bond acceptors (Lipinski definition) is 4. The third-order valence-electron chi connectivity index (χ3n) is 6.02. The molecule has 170 valence electrons. The van der Waals surface area contributed by atoms with Gasteiger partial charge in [-0.2, -0.15) is 0 Å². The number of hydrogen-bond donors (Lipinski definition) is 2. The zero-order chi connectivity index (χ0) is 23.7. The number of carbonyl (C=O) groups is 2. The van der Waals surface area contributed by atoms with E-state index in [4.69, 9.17) is 0 Å². The number of benzene rings is 3. The van der Waals surface area contributed by atoms with Crippen molar-refractivity contribution in [3.63, 3.8) is 0 Å². The molecule has 2 heterocycles. The van der Waals surface area contributed by atoms with E-state index < -0.39 is 11.2 Å². The normalized spacial score (nSPS) is 12.5. The molecule has 0 bridgehead atoms. The largest absolute Gasteiger partial charge is 0.328 e. The smallest absolute Gasteiger partial charge is 0.326 e. The summed E-state index contributed by atoms with van der Waals surface area (Å²) in [6.07, 6.45) is 0.880. The molecule has 3 aromatic carbocycles. The van der Waals surface area contributed by atoms with Crippen molar-refractivity contribution in [2.45, 2.75) is 19.4 Å². The van der Waals surface area contributed by atoms with Crippen LogP contribution in [0.2, 0.25) is 0 Å². The summed E-state index contributed by atoms with van der Waals surface area (Å²) in [5.74, 6) is -0.359. The van der Waals surface area contributed by atoms with Crippen LogP contribution in [0.4, 0.5) is 11.4 Å². The Balaban J connectivity index is 1.24. The topological polar surface area (TPSA) is 104 Å². The number of nitrogens with one attached hydrogen (secondary N) is 2. The average Bonchev–Trinajstić information content (AvgIpc) is 3.28. The van der Waals surface area contributed by atoms with Crippen molar-refractivity contribution in [3.05, 3.63) is 105 Å². The van der Waals surface area contributed by atoms with Crippen LogP contribution in [0, 0.1) is 0 Å². The number of aryl methyl sites for hydroxylation is 1. The number of fused-ring (bicyclic) bond motifs is 2. The minimum absolute atomic E-state index is 0.0428. The molecule has 1 aliphatic heterocycles. The molecule has 2 amide bonds. The quantitative estimate of drug-likeness (QED) is 0.484. The van der Waals surface area contributed by atoms with Gasteiger partial charge in [-0.15, -0.1) is 0 Å². The highest BCUT2D eigenvalue weighted by Crippen LogP contribution is 2.29. The van der Waals surface area contributed by atoms with E-state index in [0.29, 0.717) is 28.7 Å². The van der Waals surface area contributed by atoms with Crippen molar-refractivity contribution < 1.29 is 9.59 Å². The molecule has 0 saturated carbocycles. The van der Waals surface area contributed by atoms with Gasteiger partial charge in [0.05, 0.1) is 10.9 Å². The summed E-state index contributed by atoms with van der Waals surface area (Å²) in [5.41, 5.74) is 2.68. The summed E-state index contributed by atoms with van der Waals surface area (Å²) in [4.78, 5) is 53.7. The molecule has 1 aliphatic rings. The Morgan fingerprint density at radius 3 is 2.47 bits per heavy atom. The third kappa shape index (κ3) is 4.01. The van der Waals surface area contributed by atoms with Gasteiger partial charge >= 0.3 is 5.69 Å². The van der Waals surface area contributed by atoms with Crippen molar-refractivity contribution in [1.82, 2.24) is 9.55 Å². The van der Waals surface area contributed by atoms with Crippen LogP contribution < -0.4 is 21.5 Å². The van der Waals surface area contributed by atoms with Gasteiger partial charge in [0.15, 0.2) is 0 Å². The van der Waals surface area contributed by atoms with Crippen LogP contribution in [0.25, 0.3) is 10.9 Å². The number of carbonyl (C=O) groups excluding carboxylic acids is 2. The lowest BCUT2D eigenvalue weighted by molar-refractivity contribution is -0.116. The molecule has 2 N–H and O–H groups in total. The predicted molar refractivity (Wildman–Crippen MR) is 130 cm³/mol. The number of anilines is 2. The third-order valence-corrected chi connectivity index (χ3v) is 6.02. The molecule has 0 fully saturated rings. The maximum Gasteiger partial charge on any atom is 0.328 e. The Bertz CT molecular complexity index is 1520. The van der Waals surface area contributed by atoms with Crippen LogP contribution >= 0.6 is 0 Å². The maximum absolute atomic E-state index is 12.9. The van der Waals surface area contributed by atoms with Gasteiger partial charge in [-0.05, 0) is 54.4 Å². The molecule has 0 saturated heterocycles. The van der Waals surface area contributed by atoms with E-state index in [1.165, 1.54) is 4.57 Å². The summed E-state index contributed by atoms with van der Waals surface area (Å²) in [5, 5.41) is 3.18. The Labute approximate surface area is 194 Å². The van der Waals surface area contributed by atoms with Crippen molar-refractivity contribution in [3.8, 4) is 0 Å². The van der Waals surface area contributed by atoms with Crippen LogP contribution in [0.5, 0.6) is 0 Å². The molecule has 8 heteroatoms. The Morgan fingerprint density at radius 2 is 1.65 bits per heavy atom. The standard InChI is InChI=1S/C26H22N4O4/c31-23(14-16-30-22-8-4-2-6-20(22)24(32)28-26(30)34)27-19-11-9-18(10-12-19)25(33)29-15-13-17-5-1-3-7-21(17)29/h1-12H,13-16H2,(H,27,31)(H,28,32,34). The Kier molecular flexibility index (Phi) is 5.55. The minimum atomic E-state index is -0.553. The van der Waals surface area contributed by atoms with E-state index in [1.807, 2.05) is 24.3 Å². The van der Waals surface area contributed by atoms with E-state index in [9.17, 15) is 19.2 Å². The molecule has 4 aromatic rings. The first kappa shape index (κ1) is 21.4. The monoisotopic (exact) mass is 454 g/mol. The molecule has 34 heavy (non-hydrogen) atoms. The minimum Gasteiger partial charge on any atom is -0.326 e. The fourth-order valence-electron chi connectivity index (χ4n) is 4.30. The molecule has 0 radical (unpaired) electrons. The number of para-hydroxylation sites is 2. The number of aromatic amines is 1. The Morgan fingerprint density at radius 1 is 0.912 bits per heavy atom. The lowest BCUT2D eigenvalue weighted by atomic mass is 10.1. The fourth-order valence-corrected chi connectivity index (χ4v) is 4.30. The number of nitrogens with zero attached hydrogens (tertiary/aromatic N) is 2. The highest BCUT2D eigenvalue weighted by molar-refractivity contribution is 6.07. The summed E-state index contributed by atoms with van der Waals surface area (Å²) in [6.45, 7) is 0.766. The molecular formula is C26H22N4O4. The maximum atomic E-state index is 12.9. The first-order chi connectivity index (χ1) is 16.5. The second-order valence-corrected chi connectivity index (χ2v) is 8.14. The fraction of sp³-hybridized carbons (Fsp3) is 0.154. The van der Waals surface area contributed by atoms with Crippen molar-refractivity contribution in [2.24, 2.45) is 0 Å². The van der Waals surface area contributed by atoms with E-state index in [1.54, 1.807) is 53.4 Å². The zero-order valence-corrected chi connectivity index (χ0v) is 18.3. The lowest BCUT2D eigenvalue weighted by Gasteiger charge is -2.17. The molecule has 0 unspecified atom stereocenters. The van der Waals surface area contributed by atoms with Gasteiger partial charge in [0, 0.05) is 36.4 Å². The first-order valence-corrected chi connectivity index (χ1v) is 11.0. The molecule has 5 rings (SSSR count). The average molecular weight is 454 g/mol. The van der Waals surface area contributed by atoms with E-state index in [2.05, 4.69) is 10.3 Å². The van der Waals surface area contributed by atoms with Crippen molar-refractivity contribution in [2.75, 3.05) is 16.8 Å². The van der Waals surface area contributed by atoms with E-state index in [-0.39, 0.29) is 24.8 Å². The van der Waals surface area contributed by atoms with E-state index in [0.717, 1.165) is 17.7 Å².